The summed E-state index contributed by atoms with van der Waals surface area (Å²) in [5.74, 6) is 0.438. The highest BCUT2D eigenvalue weighted by Gasteiger charge is 2.31. The molecule has 1 N–H and O–H groups in total. The number of hydrogen-bond donors (Lipinski definition) is 1. The van der Waals surface area contributed by atoms with Crippen LogP contribution in [0.4, 0.5) is 0 Å². The molecule has 1 aliphatic rings. The van der Waals surface area contributed by atoms with Crippen LogP contribution in [0.25, 0.3) is 10.9 Å². The standard InChI is InChI=1S/C24H28BrN5O4S/c1-17(28-13-15-29(16-14-28)35(33,34)20-9-7-19(25)8-10-20)23-27-22-6-4-3-5-21(22)24(32)30(23)12-11-26-18(2)31/h3-10,17H,11-16H2,1-2H3,(H,26,31). The number of rotatable bonds is 7. The Kier molecular flexibility index (Phi) is 7.70. The Labute approximate surface area is 212 Å². The molecule has 9 nitrogen and oxygen atoms in total. The third kappa shape index (κ3) is 5.48. The van der Waals surface area contributed by atoms with Crippen LogP contribution >= 0.6 is 15.9 Å². The lowest BCUT2D eigenvalue weighted by atomic mass is 10.2. The number of amides is 1. The molecule has 0 spiro atoms. The van der Waals surface area contributed by atoms with E-state index in [1.807, 2.05) is 19.1 Å². The summed E-state index contributed by atoms with van der Waals surface area (Å²) in [7, 11) is -3.58. The molecule has 1 fully saturated rings. The molecule has 0 bridgehead atoms. The molecule has 1 saturated heterocycles. The minimum atomic E-state index is -3.58. The van der Waals surface area contributed by atoms with Crippen LogP contribution in [0.5, 0.6) is 0 Å². The van der Waals surface area contributed by atoms with E-state index in [-0.39, 0.29) is 22.4 Å². The van der Waals surface area contributed by atoms with Crippen molar-refractivity contribution in [2.24, 2.45) is 0 Å². The normalized spacial score (nSPS) is 16.3. The number of aromatic nitrogens is 2. The summed E-state index contributed by atoms with van der Waals surface area (Å²) in [5.41, 5.74) is 0.464. The molecular weight excluding hydrogens is 534 g/mol. The average Bonchev–Trinajstić information content (AvgIpc) is 2.85. The molecule has 2 aromatic carbocycles. The monoisotopic (exact) mass is 561 g/mol. The van der Waals surface area contributed by atoms with Crippen LogP contribution in [0, 0.1) is 0 Å². The maximum absolute atomic E-state index is 13.3. The predicted molar refractivity (Wildman–Crippen MR) is 138 cm³/mol. The zero-order chi connectivity index (χ0) is 25.2. The van der Waals surface area contributed by atoms with E-state index in [1.165, 1.54) is 11.2 Å². The van der Waals surface area contributed by atoms with Crippen LogP contribution < -0.4 is 10.9 Å². The van der Waals surface area contributed by atoms with Gasteiger partial charge in [0.05, 0.1) is 21.8 Å². The van der Waals surface area contributed by atoms with Crippen molar-refractivity contribution in [3.8, 4) is 0 Å². The second-order valence-corrected chi connectivity index (χ2v) is 11.4. The van der Waals surface area contributed by atoms with E-state index in [1.54, 1.807) is 41.0 Å². The number of hydrogen-bond acceptors (Lipinski definition) is 6. The largest absolute Gasteiger partial charge is 0.355 e. The molecule has 0 radical (unpaired) electrons. The summed E-state index contributed by atoms with van der Waals surface area (Å²) in [6.45, 7) is 5.72. The average molecular weight is 562 g/mol. The highest BCUT2D eigenvalue weighted by atomic mass is 79.9. The Bertz CT molecular complexity index is 1380. The van der Waals surface area contributed by atoms with Gasteiger partial charge in [-0.1, -0.05) is 28.1 Å². The maximum Gasteiger partial charge on any atom is 0.261 e. The fraction of sp³-hybridized carbons (Fsp3) is 0.375. The van der Waals surface area contributed by atoms with Crippen LogP contribution in [-0.4, -0.2) is 65.8 Å². The number of sulfonamides is 1. The second kappa shape index (κ2) is 10.6. The first-order valence-corrected chi connectivity index (χ1v) is 13.7. The Morgan fingerprint density at radius 2 is 1.74 bits per heavy atom. The van der Waals surface area contributed by atoms with Gasteiger partial charge in [-0.25, -0.2) is 13.4 Å². The molecule has 1 amide bonds. The van der Waals surface area contributed by atoms with Crippen LogP contribution in [0.2, 0.25) is 0 Å². The zero-order valence-electron chi connectivity index (χ0n) is 19.6. The zero-order valence-corrected chi connectivity index (χ0v) is 22.0. The summed E-state index contributed by atoms with van der Waals surface area (Å²) >= 11 is 3.34. The Morgan fingerprint density at radius 1 is 1.09 bits per heavy atom. The first-order valence-electron chi connectivity index (χ1n) is 11.4. The molecule has 1 unspecified atom stereocenters. The van der Waals surface area contributed by atoms with Gasteiger partial charge in [-0.2, -0.15) is 4.31 Å². The summed E-state index contributed by atoms with van der Waals surface area (Å²) in [6, 6.07) is 13.6. The lowest BCUT2D eigenvalue weighted by molar-refractivity contribution is -0.118. The lowest BCUT2D eigenvalue weighted by Gasteiger charge is -2.37. The summed E-state index contributed by atoms with van der Waals surface area (Å²) in [6.07, 6.45) is 0. The molecule has 4 rings (SSSR count). The first-order chi connectivity index (χ1) is 16.7. The van der Waals surface area contributed by atoms with Gasteiger partial charge >= 0.3 is 0 Å². The van der Waals surface area contributed by atoms with Crippen molar-refractivity contribution in [1.29, 1.82) is 0 Å². The third-order valence-corrected chi connectivity index (χ3v) is 8.69. The van der Waals surface area contributed by atoms with Gasteiger partial charge in [0.15, 0.2) is 0 Å². The highest BCUT2D eigenvalue weighted by molar-refractivity contribution is 9.10. The minimum absolute atomic E-state index is 0.153. The van der Waals surface area contributed by atoms with Gasteiger partial charge in [-0.3, -0.25) is 19.1 Å². The number of carbonyl (C=O) groups excluding carboxylic acids is 1. The van der Waals surface area contributed by atoms with E-state index in [0.29, 0.717) is 56.0 Å². The quantitative estimate of drug-likeness (QED) is 0.474. The Hall–Kier alpha value is -2.60. The van der Waals surface area contributed by atoms with Crippen molar-refractivity contribution < 1.29 is 13.2 Å². The molecule has 0 aliphatic carbocycles. The number of benzene rings is 2. The molecule has 2 heterocycles. The van der Waals surface area contributed by atoms with E-state index < -0.39 is 10.0 Å². The van der Waals surface area contributed by atoms with Gasteiger partial charge in [0.2, 0.25) is 15.9 Å². The predicted octanol–water partition coefficient (Wildman–Crippen LogP) is 2.36. The van der Waals surface area contributed by atoms with Crippen LogP contribution in [-0.2, 0) is 21.4 Å². The molecule has 3 aromatic rings. The number of fused-ring (bicyclic) bond motifs is 1. The van der Waals surface area contributed by atoms with Gasteiger partial charge in [0, 0.05) is 50.7 Å². The van der Waals surface area contributed by atoms with Crippen molar-refractivity contribution in [3.63, 3.8) is 0 Å². The number of halogens is 1. The number of carbonyl (C=O) groups is 1. The third-order valence-electron chi connectivity index (χ3n) is 6.25. The van der Waals surface area contributed by atoms with E-state index in [2.05, 4.69) is 26.1 Å². The smallest absolute Gasteiger partial charge is 0.261 e. The van der Waals surface area contributed by atoms with Crippen LogP contribution in [0.3, 0.4) is 0 Å². The van der Waals surface area contributed by atoms with Gasteiger partial charge in [-0.05, 0) is 43.3 Å². The Morgan fingerprint density at radius 3 is 2.40 bits per heavy atom. The fourth-order valence-corrected chi connectivity index (χ4v) is 6.00. The van der Waals surface area contributed by atoms with Gasteiger partial charge in [0.1, 0.15) is 5.82 Å². The molecular formula is C24H28BrN5O4S. The van der Waals surface area contributed by atoms with E-state index >= 15 is 0 Å². The number of nitrogens with one attached hydrogen (secondary N) is 1. The van der Waals surface area contributed by atoms with Crippen LogP contribution in [0.15, 0.2) is 62.7 Å². The van der Waals surface area contributed by atoms with Gasteiger partial charge in [-0.15, -0.1) is 0 Å². The Balaban J connectivity index is 1.56. The molecule has 11 heteroatoms. The molecule has 1 aliphatic heterocycles. The summed E-state index contributed by atoms with van der Waals surface area (Å²) in [5, 5.41) is 3.26. The van der Waals surface area contributed by atoms with Gasteiger partial charge < -0.3 is 5.32 Å². The number of nitrogens with zero attached hydrogens (tertiary/aromatic N) is 4. The van der Waals surface area contributed by atoms with E-state index in [9.17, 15) is 18.0 Å². The van der Waals surface area contributed by atoms with Crippen molar-refractivity contribution in [2.45, 2.75) is 31.3 Å². The minimum Gasteiger partial charge on any atom is -0.355 e. The molecule has 186 valence electrons. The molecule has 35 heavy (non-hydrogen) atoms. The van der Waals surface area contributed by atoms with Crippen LogP contribution in [0.1, 0.15) is 25.7 Å². The topological polar surface area (TPSA) is 105 Å². The van der Waals surface area contributed by atoms with Crippen molar-refractivity contribution in [2.75, 3.05) is 32.7 Å². The summed E-state index contributed by atoms with van der Waals surface area (Å²) in [4.78, 5) is 31.8. The molecule has 1 aromatic heterocycles. The molecule has 0 saturated carbocycles. The number of piperazine rings is 1. The van der Waals surface area contributed by atoms with Crippen molar-refractivity contribution in [3.05, 3.63) is 69.2 Å². The van der Waals surface area contributed by atoms with Gasteiger partial charge in [0.25, 0.3) is 5.56 Å². The SMILES string of the molecule is CC(=O)NCCn1c(C(C)N2CCN(S(=O)(=O)c3ccc(Br)cc3)CC2)nc2ccccc2c1=O. The van der Waals surface area contributed by atoms with Crippen molar-refractivity contribution in [1.82, 2.24) is 24.1 Å². The maximum atomic E-state index is 13.3. The number of para-hydroxylation sites is 1. The van der Waals surface area contributed by atoms with E-state index in [0.717, 1.165) is 4.47 Å². The second-order valence-electron chi connectivity index (χ2n) is 8.50. The van der Waals surface area contributed by atoms with E-state index in [4.69, 9.17) is 4.98 Å². The fourth-order valence-electron chi connectivity index (χ4n) is 4.31. The highest BCUT2D eigenvalue weighted by Crippen LogP contribution is 2.24. The first kappa shape index (κ1) is 25.5. The molecule has 1 atom stereocenters. The van der Waals surface area contributed by atoms with Crippen molar-refractivity contribution >= 4 is 42.8 Å². The lowest BCUT2D eigenvalue weighted by Crippen LogP contribution is -2.50. The summed E-state index contributed by atoms with van der Waals surface area (Å²) < 4.78 is 30.1.